The van der Waals surface area contributed by atoms with Crippen LogP contribution in [0, 0.1) is 15.9 Å². The van der Waals surface area contributed by atoms with Crippen molar-refractivity contribution in [3.63, 3.8) is 0 Å². The molecule has 2 aromatic rings. The first-order chi connectivity index (χ1) is 13.5. The number of halogens is 1. The summed E-state index contributed by atoms with van der Waals surface area (Å²) in [6, 6.07) is 10.8. The molecular weight excluding hydrogens is 385 g/mol. The first kappa shape index (κ1) is 18.1. The van der Waals surface area contributed by atoms with Crippen molar-refractivity contribution in [3.8, 4) is 0 Å². The Kier molecular flexibility index (Phi) is 4.78. The van der Waals surface area contributed by atoms with Crippen molar-refractivity contribution >= 4 is 46.1 Å². The van der Waals surface area contributed by atoms with Gasteiger partial charge in [0.1, 0.15) is 5.82 Å². The number of aliphatic imine (C=N–C) groups is 1. The Hall–Kier alpha value is -3.27. The van der Waals surface area contributed by atoms with Crippen molar-refractivity contribution < 1.29 is 14.1 Å². The largest absolute Gasteiger partial charge is 0.323 e. The molecular formula is C18H14FN5O3S. The van der Waals surface area contributed by atoms with Gasteiger partial charge in [0.2, 0.25) is 5.91 Å². The summed E-state index contributed by atoms with van der Waals surface area (Å²) in [4.78, 5) is 27.0. The van der Waals surface area contributed by atoms with E-state index in [2.05, 4.69) is 15.4 Å². The average Bonchev–Trinajstić information content (AvgIpc) is 3.18. The van der Waals surface area contributed by atoms with E-state index in [1.807, 2.05) is 24.3 Å². The molecule has 0 saturated heterocycles. The lowest BCUT2D eigenvalue weighted by molar-refractivity contribution is -0.384. The number of anilines is 1. The number of rotatable bonds is 4. The molecule has 8 nitrogen and oxygen atoms in total. The Morgan fingerprint density at radius 1 is 1.36 bits per heavy atom. The molecule has 0 radical (unpaired) electrons. The summed E-state index contributed by atoms with van der Waals surface area (Å²) in [5.74, 6) is -1.27. The molecule has 142 valence electrons. The molecule has 10 heteroatoms. The molecule has 0 saturated carbocycles. The highest BCUT2D eigenvalue weighted by atomic mass is 32.2. The van der Waals surface area contributed by atoms with Gasteiger partial charge in [0.15, 0.2) is 5.17 Å². The number of hydrogen-bond acceptors (Lipinski definition) is 7. The summed E-state index contributed by atoms with van der Waals surface area (Å²) < 4.78 is 13.8. The predicted octanol–water partition coefficient (Wildman–Crippen LogP) is 3.84. The number of amidine groups is 1. The van der Waals surface area contributed by atoms with E-state index in [9.17, 15) is 19.3 Å². The summed E-state index contributed by atoms with van der Waals surface area (Å²) in [5, 5.41) is 19.9. The first-order valence-electron chi connectivity index (χ1n) is 8.39. The third-order valence-electron chi connectivity index (χ3n) is 4.30. The predicted molar refractivity (Wildman–Crippen MR) is 105 cm³/mol. The van der Waals surface area contributed by atoms with Gasteiger partial charge >= 0.3 is 0 Å². The minimum absolute atomic E-state index is 0.0398. The van der Waals surface area contributed by atoms with Crippen LogP contribution in [0.3, 0.4) is 0 Å². The van der Waals surface area contributed by atoms with E-state index in [4.69, 9.17) is 0 Å². The molecule has 2 heterocycles. The molecule has 1 N–H and O–H groups in total. The van der Waals surface area contributed by atoms with E-state index >= 15 is 0 Å². The molecule has 1 unspecified atom stereocenters. The molecule has 0 bridgehead atoms. The first-order valence-corrected chi connectivity index (χ1v) is 9.37. The quantitative estimate of drug-likeness (QED) is 0.622. The molecule has 0 spiro atoms. The maximum Gasteiger partial charge on any atom is 0.271 e. The number of thioether (sulfide) groups is 1. The van der Waals surface area contributed by atoms with Crippen LogP contribution in [0.25, 0.3) is 0 Å². The van der Waals surface area contributed by atoms with Gasteiger partial charge in [-0.25, -0.2) is 14.4 Å². The SMILES string of the molecule is O=C(CSC1=Nc2ccccc2C2CC=NN12)Nc1cc([N+](=O)[O-])ccc1F. The molecule has 2 aromatic carbocycles. The number of nitro benzene ring substituents is 1. The van der Waals surface area contributed by atoms with E-state index in [0.717, 1.165) is 35.9 Å². The van der Waals surface area contributed by atoms with E-state index in [-0.39, 0.29) is 23.2 Å². The van der Waals surface area contributed by atoms with Gasteiger partial charge in [-0.05, 0) is 12.1 Å². The van der Waals surface area contributed by atoms with Crippen LogP contribution in [-0.2, 0) is 4.79 Å². The van der Waals surface area contributed by atoms with Crippen LogP contribution >= 0.6 is 11.8 Å². The highest BCUT2D eigenvalue weighted by molar-refractivity contribution is 8.14. The van der Waals surface area contributed by atoms with Gasteiger partial charge in [-0.1, -0.05) is 30.0 Å². The Bertz CT molecular complexity index is 1030. The topological polar surface area (TPSA) is 100 Å². The summed E-state index contributed by atoms with van der Waals surface area (Å²) in [6.07, 6.45) is 2.56. The fourth-order valence-electron chi connectivity index (χ4n) is 3.02. The number of carbonyl (C=O) groups excluding carboxylic acids is 1. The number of hydrazone groups is 1. The maximum absolute atomic E-state index is 13.8. The lowest BCUT2D eigenvalue weighted by Gasteiger charge is -2.29. The fraction of sp³-hybridized carbons (Fsp3) is 0.167. The maximum atomic E-state index is 13.8. The van der Waals surface area contributed by atoms with Gasteiger partial charge < -0.3 is 5.32 Å². The zero-order chi connectivity index (χ0) is 19.7. The molecule has 28 heavy (non-hydrogen) atoms. The van der Waals surface area contributed by atoms with Crippen molar-refractivity contribution in [1.82, 2.24) is 5.01 Å². The van der Waals surface area contributed by atoms with E-state index in [1.165, 1.54) is 11.8 Å². The van der Waals surface area contributed by atoms with Crippen molar-refractivity contribution in [2.45, 2.75) is 12.5 Å². The van der Waals surface area contributed by atoms with Crippen molar-refractivity contribution in [2.24, 2.45) is 10.1 Å². The monoisotopic (exact) mass is 399 g/mol. The standard InChI is InChI=1S/C18H14FN5O3S/c19-13-6-5-11(24(26)27)9-15(13)21-17(25)10-28-18-22-14-4-2-1-3-12(14)16-7-8-20-23(16)18/h1-6,8-9,16H,7,10H2,(H,21,25). The van der Waals surface area contributed by atoms with Gasteiger partial charge in [0.25, 0.3) is 5.69 Å². The van der Waals surface area contributed by atoms with Crippen molar-refractivity contribution in [3.05, 3.63) is 64.0 Å². The molecule has 0 aromatic heterocycles. The van der Waals surface area contributed by atoms with Crippen molar-refractivity contribution in [1.29, 1.82) is 0 Å². The smallest absolute Gasteiger partial charge is 0.271 e. The minimum atomic E-state index is -0.739. The van der Waals surface area contributed by atoms with Crippen LogP contribution in [0.5, 0.6) is 0 Å². The number of amides is 1. The van der Waals surface area contributed by atoms with Gasteiger partial charge in [-0.2, -0.15) is 5.10 Å². The summed E-state index contributed by atoms with van der Waals surface area (Å²) in [5.41, 5.74) is 1.38. The van der Waals surface area contributed by atoms with Crippen LogP contribution in [0.2, 0.25) is 0 Å². The van der Waals surface area contributed by atoms with E-state index in [1.54, 1.807) is 11.2 Å². The number of carbonyl (C=O) groups is 1. The molecule has 4 rings (SSSR count). The van der Waals surface area contributed by atoms with Crippen LogP contribution in [0.4, 0.5) is 21.5 Å². The van der Waals surface area contributed by atoms with Gasteiger partial charge in [-0.15, -0.1) is 0 Å². The Balaban J connectivity index is 1.47. The van der Waals surface area contributed by atoms with Crippen LogP contribution in [0.1, 0.15) is 18.0 Å². The lowest BCUT2D eigenvalue weighted by atomic mass is 10.0. The van der Waals surface area contributed by atoms with E-state index < -0.39 is 16.6 Å². The molecule has 1 atom stereocenters. The van der Waals surface area contributed by atoms with Gasteiger partial charge in [0.05, 0.1) is 28.1 Å². The third-order valence-corrected chi connectivity index (χ3v) is 5.25. The van der Waals surface area contributed by atoms with Gasteiger partial charge in [0, 0.05) is 30.3 Å². The molecule has 2 aliphatic rings. The number of hydrogen-bond donors (Lipinski definition) is 1. The highest BCUT2D eigenvalue weighted by Gasteiger charge is 2.32. The van der Waals surface area contributed by atoms with Crippen LogP contribution < -0.4 is 5.32 Å². The zero-order valence-corrected chi connectivity index (χ0v) is 15.2. The second-order valence-electron chi connectivity index (χ2n) is 6.11. The summed E-state index contributed by atoms with van der Waals surface area (Å²) in [6.45, 7) is 0. The number of fused-ring (bicyclic) bond motifs is 3. The fourth-order valence-corrected chi connectivity index (χ4v) is 3.82. The number of nitrogens with zero attached hydrogens (tertiary/aromatic N) is 4. The number of non-ortho nitro benzene ring substituents is 1. The van der Waals surface area contributed by atoms with E-state index in [0.29, 0.717) is 5.17 Å². The molecule has 1 amide bonds. The summed E-state index contributed by atoms with van der Waals surface area (Å²) >= 11 is 1.17. The minimum Gasteiger partial charge on any atom is -0.323 e. The Morgan fingerprint density at radius 3 is 3.00 bits per heavy atom. The van der Waals surface area contributed by atoms with Crippen LogP contribution in [0.15, 0.2) is 52.6 Å². The number of benzene rings is 2. The molecule has 0 aliphatic carbocycles. The highest BCUT2D eigenvalue weighted by Crippen LogP contribution is 2.40. The zero-order valence-electron chi connectivity index (χ0n) is 14.4. The lowest BCUT2D eigenvalue weighted by Crippen LogP contribution is -2.29. The van der Waals surface area contributed by atoms with Gasteiger partial charge in [-0.3, -0.25) is 14.9 Å². The van der Waals surface area contributed by atoms with Crippen molar-refractivity contribution in [2.75, 3.05) is 11.1 Å². The Morgan fingerprint density at radius 2 is 2.18 bits per heavy atom. The number of nitrogens with one attached hydrogen (secondary N) is 1. The molecule has 0 fully saturated rings. The van der Waals surface area contributed by atoms with Crippen LogP contribution in [-0.4, -0.2) is 33.0 Å². The number of para-hydroxylation sites is 1. The Labute approximate surface area is 163 Å². The second kappa shape index (κ2) is 7.39. The normalized spacial score (nSPS) is 17.0. The summed E-state index contributed by atoms with van der Waals surface area (Å²) in [7, 11) is 0. The second-order valence-corrected chi connectivity index (χ2v) is 7.05. The number of nitro groups is 1. The third kappa shape index (κ3) is 3.46. The molecule has 2 aliphatic heterocycles. The average molecular weight is 399 g/mol.